The van der Waals surface area contributed by atoms with Gasteiger partial charge in [-0.15, -0.1) is 0 Å². The summed E-state index contributed by atoms with van der Waals surface area (Å²) in [6, 6.07) is 12.1. The Kier molecular flexibility index (Phi) is 4.40. The first-order valence-corrected chi connectivity index (χ1v) is 6.60. The van der Waals surface area contributed by atoms with Crippen molar-refractivity contribution in [3.05, 3.63) is 58.2 Å². The second-order valence-corrected chi connectivity index (χ2v) is 4.99. The summed E-state index contributed by atoms with van der Waals surface area (Å²) in [6.45, 7) is 3.28. The van der Waals surface area contributed by atoms with Gasteiger partial charge in [0.05, 0.1) is 10.7 Å². The minimum absolute atomic E-state index is 0.352. The number of hydrogen-bond donors (Lipinski definition) is 1. The molecule has 0 atom stereocenters. The fourth-order valence-electron chi connectivity index (χ4n) is 1.95. The van der Waals surface area contributed by atoms with Gasteiger partial charge in [-0.25, -0.2) is 4.98 Å². The van der Waals surface area contributed by atoms with Crippen LogP contribution in [0.2, 0.25) is 5.02 Å². The number of rotatable bonds is 4. The largest absolute Gasteiger partial charge is 0.355 e. The Labute approximate surface area is 119 Å². The molecule has 0 unspecified atom stereocenters. The topological polar surface area (TPSA) is 42.1 Å². The lowest BCUT2D eigenvalue weighted by Crippen LogP contribution is -2.19. The van der Waals surface area contributed by atoms with Crippen molar-refractivity contribution in [3.8, 4) is 0 Å². The lowest BCUT2D eigenvalue weighted by Gasteiger charge is -2.20. The SMILES string of the molecule is Cc1ccccc1CN(C)c1ccc(Cl)c(CN)n1. The molecule has 0 aliphatic rings. The van der Waals surface area contributed by atoms with Crippen molar-refractivity contribution in [2.45, 2.75) is 20.0 Å². The molecule has 0 saturated carbocycles. The predicted molar refractivity (Wildman–Crippen MR) is 80.4 cm³/mol. The molecule has 0 aliphatic carbocycles. The zero-order valence-corrected chi connectivity index (χ0v) is 12.0. The molecule has 100 valence electrons. The summed E-state index contributed by atoms with van der Waals surface area (Å²) >= 11 is 6.03. The van der Waals surface area contributed by atoms with E-state index in [2.05, 4.69) is 35.0 Å². The van der Waals surface area contributed by atoms with Crippen LogP contribution in [0.25, 0.3) is 0 Å². The molecule has 0 saturated heterocycles. The van der Waals surface area contributed by atoms with E-state index in [4.69, 9.17) is 17.3 Å². The Morgan fingerprint density at radius 1 is 1.21 bits per heavy atom. The van der Waals surface area contributed by atoms with Crippen molar-refractivity contribution in [2.75, 3.05) is 11.9 Å². The highest BCUT2D eigenvalue weighted by atomic mass is 35.5. The van der Waals surface area contributed by atoms with Gasteiger partial charge >= 0.3 is 0 Å². The Hall–Kier alpha value is -1.58. The molecule has 1 heterocycles. The van der Waals surface area contributed by atoms with Crippen LogP contribution in [-0.2, 0) is 13.1 Å². The second kappa shape index (κ2) is 6.04. The van der Waals surface area contributed by atoms with E-state index in [0.717, 1.165) is 18.1 Å². The number of nitrogens with two attached hydrogens (primary N) is 1. The molecular formula is C15H18ClN3. The molecule has 3 nitrogen and oxygen atoms in total. The van der Waals surface area contributed by atoms with Crippen molar-refractivity contribution < 1.29 is 0 Å². The fourth-order valence-corrected chi connectivity index (χ4v) is 2.13. The number of halogens is 1. The summed E-state index contributed by atoms with van der Waals surface area (Å²) < 4.78 is 0. The van der Waals surface area contributed by atoms with E-state index in [0.29, 0.717) is 11.6 Å². The quantitative estimate of drug-likeness (QED) is 0.932. The molecular weight excluding hydrogens is 258 g/mol. The number of pyridine rings is 1. The minimum Gasteiger partial charge on any atom is -0.355 e. The number of aromatic nitrogens is 1. The van der Waals surface area contributed by atoms with Gasteiger partial charge in [0.1, 0.15) is 5.82 Å². The molecule has 0 amide bonds. The van der Waals surface area contributed by atoms with E-state index in [1.165, 1.54) is 11.1 Å². The van der Waals surface area contributed by atoms with Gasteiger partial charge in [-0.1, -0.05) is 35.9 Å². The van der Waals surface area contributed by atoms with Gasteiger partial charge in [-0.2, -0.15) is 0 Å². The first-order chi connectivity index (χ1) is 9.11. The van der Waals surface area contributed by atoms with Gasteiger partial charge in [0, 0.05) is 20.1 Å². The third-order valence-electron chi connectivity index (χ3n) is 3.16. The van der Waals surface area contributed by atoms with Gasteiger partial charge in [-0.3, -0.25) is 0 Å². The first-order valence-electron chi connectivity index (χ1n) is 6.23. The Morgan fingerprint density at radius 2 is 1.95 bits per heavy atom. The Balaban J connectivity index is 2.20. The van der Waals surface area contributed by atoms with Gasteiger partial charge in [0.15, 0.2) is 0 Å². The van der Waals surface area contributed by atoms with Crippen LogP contribution in [0.4, 0.5) is 5.82 Å². The fraction of sp³-hybridized carbons (Fsp3) is 0.267. The van der Waals surface area contributed by atoms with Crippen LogP contribution in [0.3, 0.4) is 0 Å². The molecule has 0 aliphatic heterocycles. The summed E-state index contributed by atoms with van der Waals surface area (Å²) in [5.41, 5.74) is 8.93. The van der Waals surface area contributed by atoms with Gasteiger partial charge < -0.3 is 10.6 Å². The van der Waals surface area contributed by atoms with Crippen LogP contribution in [-0.4, -0.2) is 12.0 Å². The molecule has 0 fully saturated rings. The van der Waals surface area contributed by atoms with Gasteiger partial charge in [-0.05, 0) is 30.2 Å². The average molecular weight is 276 g/mol. The highest BCUT2D eigenvalue weighted by Crippen LogP contribution is 2.20. The van der Waals surface area contributed by atoms with Crippen molar-refractivity contribution in [1.29, 1.82) is 0 Å². The van der Waals surface area contributed by atoms with Crippen molar-refractivity contribution in [3.63, 3.8) is 0 Å². The third kappa shape index (κ3) is 3.25. The number of hydrogen-bond acceptors (Lipinski definition) is 3. The molecule has 0 bridgehead atoms. The van der Waals surface area contributed by atoms with E-state index in [1.54, 1.807) is 0 Å². The van der Waals surface area contributed by atoms with Crippen LogP contribution in [0.15, 0.2) is 36.4 Å². The van der Waals surface area contributed by atoms with Crippen LogP contribution in [0, 0.1) is 6.92 Å². The molecule has 1 aromatic carbocycles. The first kappa shape index (κ1) is 13.8. The van der Waals surface area contributed by atoms with Gasteiger partial charge in [0.2, 0.25) is 0 Å². The zero-order valence-electron chi connectivity index (χ0n) is 11.2. The number of benzene rings is 1. The van der Waals surface area contributed by atoms with Crippen LogP contribution < -0.4 is 10.6 Å². The summed E-state index contributed by atoms with van der Waals surface area (Å²) in [4.78, 5) is 6.58. The molecule has 1 aromatic heterocycles. The lowest BCUT2D eigenvalue weighted by atomic mass is 10.1. The molecule has 0 spiro atoms. The summed E-state index contributed by atoms with van der Waals surface area (Å²) in [6.07, 6.45) is 0. The molecule has 19 heavy (non-hydrogen) atoms. The lowest BCUT2D eigenvalue weighted by molar-refractivity contribution is 0.873. The van der Waals surface area contributed by atoms with Crippen molar-refractivity contribution >= 4 is 17.4 Å². The standard InChI is InChI=1S/C15H18ClN3/c1-11-5-3-4-6-12(11)10-19(2)15-8-7-13(16)14(9-17)18-15/h3-8H,9-10,17H2,1-2H3. The summed E-state index contributed by atoms with van der Waals surface area (Å²) in [5.74, 6) is 0.883. The van der Waals surface area contributed by atoms with E-state index in [9.17, 15) is 0 Å². The summed E-state index contributed by atoms with van der Waals surface area (Å²) in [5, 5.41) is 0.621. The van der Waals surface area contributed by atoms with Crippen LogP contribution in [0.1, 0.15) is 16.8 Å². The molecule has 2 N–H and O–H groups in total. The van der Waals surface area contributed by atoms with Gasteiger partial charge in [0.25, 0.3) is 0 Å². The highest BCUT2D eigenvalue weighted by Gasteiger charge is 2.08. The number of anilines is 1. The average Bonchev–Trinajstić information content (AvgIpc) is 2.42. The zero-order chi connectivity index (χ0) is 13.8. The maximum atomic E-state index is 6.03. The Morgan fingerprint density at radius 3 is 2.63 bits per heavy atom. The second-order valence-electron chi connectivity index (χ2n) is 4.58. The van der Waals surface area contributed by atoms with E-state index < -0.39 is 0 Å². The van der Waals surface area contributed by atoms with Crippen molar-refractivity contribution in [2.24, 2.45) is 5.73 Å². The Bertz CT molecular complexity index is 569. The minimum atomic E-state index is 0.352. The molecule has 2 aromatic rings. The van der Waals surface area contributed by atoms with E-state index in [-0.39, 0.29) is 0 Å². The third-order valence-corrected chi connectivity index (χ3v) is 3.50. The number of aryl methyl sites for hydroxylation is 1. The number of nitrogens with zero attached hydrogens (tertiary/aromatic N) is 2. The summed E-state index contributed by atoms with van der Waals surface area (Å²) in [7, 11) is 2.02. The maximum absolute atomic E-state index is 6.03. The molecule has 2 rings (SSSR count). The smallest absolute Gasteiger partial charge is 0.129 e. The monoisotopic (exact) mass is 275 g/mol. The highest BCUT2D eigenvalue weighted by molar-refractivity contribution is 6.31. The predicted octanol–water partition coefficient (Wildman–Crippen LogP) is 3.14. The van der Waals surface area contributed by atoms with Crippen molar-refractivity contribution in [1.82, 2.24) is 4.98 Å². The van der Waals surface area contributed by atoms with E-state index >= 15 is 0 Å². The normalized spacial score (nSPS) is 10.5. The van der Waals surface area contributed by atoms with E-state index in [1.807, 2.05) is 25.2 Å². The molecule has 4 heteroatoms. The molecule has 0 radical (unpaired) electrons. The van der Waals surface area contributed by atoms with Crippen LogP contribution in [0.5, 0.6) is 0 Å². The van der Waals surface area contributed by atoms with Crippen LogP contribution >= 0.6 is 11.6 Å². The maximum Gasteiger partial charge on any atom is 0.129 e.